The second kappa shape index (κ2) is 6.62. The monoisotopic (exact) mass is 255 g/mol. The zero-order chi connectivity index (χ0) is 11.4. The van der Waals surface area contributed by atoms with Crippen molar-refractivity contribution in [2.24, 2.45) is 5.92 Å². The molecule has 3 nitrogen and oxygen atoms in total. The van der Waals surface area contributed by atoms with Gasteiger partial charge in [-0.1, -0.05) is 12.1 Å². The van der Waals surface area contributed by atoms with Crippen LogP contribution in [0.3, 0.4) is 0 Å². The number of hydrogen-bond acceptors (Lipinski definition) is 3. The Labute approximate surface area is 108 Å². The van der Waals surface area contributed by atoms with Gasteiger partial charge in [0.15, 0.2) is 0 Å². The average Bonchev–Trinajstić information content (AvgIpc) is 3.13. The molecule has 1 saturated carbocycles. The number of ether oxygens (including phenoxy) is 1. The summed E-state index contributed by atoms with van der Waals surface area (Å²) in [5, 5.41) is 3.41. The maximum atomic E-state index is 11.2. The standard InChI is InChI=1S/C13H17NO2.ClH/c1-16-13(15)12-6-4-11(5-7-12)9-14-8-10-2-3-10;/h4-7,10,14H,2-3,8-9H2,1H3;1H. The minimum Gasteiger partial charge on any atom is -0.465 e. The van der Waals surface area contributed by atoms with Crippen molar-refractivity contribution in [2.45, 2.75) is 19.4 Å². The molecular formula is C13H18ClNO2. The first kappa shape index (κ1) is 14.0. The smallest absolute Gasteiger partial charge is 0.337 e. The number of halogens is 1. The van der Waals surface area contributed by atoms with E-state index in [1.165, 1.54) is 25.5 Å². The Balaban J connectivity index is 0.00000144. The summed E-state index contributed by atoms with van der Waals surface area (Å²) < 4.78 is 4.64. The first-order chi connectivity index (χ1) is 7.79. The number of rotatable bonds is 5. The largest absolute Gasteiger partial charge is 0.465 e. The van der Waals surface area contributed by atoms with Gasteiger partial charge in [0.05, 0.1) is 12.7 Å². The van der Waals surface area contributed by atoms with Crippen molar-refractivity contribution in [1.82, 2.24) is 5.32 Å². The van der Waals surface area contributed by atoms with Crippen molar-refractivity contribution in [1.29, 1.82) is 0 Å². The van der Waals surface area contributed by atoms with Crippen LogP contribution in [0.4, 0.5) is 0 Å². The van der Waals surface area contributed by atoms with Gasteiger partial charge in [-0.05, 0) is 43.0 Å². The molecular weight excluding hydrogens is 238 g/mol. The highest BCUT2D eigenvalue weighted by molar-refractivity contribution is 5.89. The summed E-state index contributed by atoms with van der Waals surface area (Å²) in [5.74, 6) is 0.617. The Morgan fingerprint density at radius 3 is 2.53 bits per heavy atom. The van der Waals surface area contributed by atoms with Gasteiger partial charge in [-0.25, -0.2) is 4.79 Å². The molecule has 1 aliphatic rings. The number of esters is 1. The van der Waals surface area contributed by atoms with E-state index in [1.807, 2.05) is 12.1 Å². The van der Waals surface area contributed by atoms with Crippen LogP contribution in [0.15, 0.2) is 24.3 Å². The molecule has 1 aliphatic carbocycles. The Kier molecular flexibility index (Phi) is 5.45. The van der Waals surface area contributed by atoms with Crippen LogP contribution in [0.1, 0.15) is 28.8 Å². The van der Waals surface area contributed by atoms with Crippen molar-refractivity contribution < 1.29 is 9.53 Å². The zero-order valence-electron chi connectivity index (χ0n) is 9.94. The lowest BCUT2D eigenvalue weighted by molar-refractivity contribution is 0.0600. The Bertz CT molecular complexity index is 360. The van der Waals surface area contributed by atoms with Crippen LogP contribution < -0.4 is 5.32 Å². The number of methoxy groups -OCH3 is 1. The van der Waals surface area contributed by atoms with Crippen LogP contribution in [0.2, 0.25) is 0 Å². The summed E-state index contributed by atoms with van der Waals surface area (Å²) in [6.45, 7) is 1.98. The van der Waals surface area contributed by atoms with Gasteiger partial charge in [-0.2, -0.15) is 0 Å². The van der Waals surface area contributed by atoms with Gasteiger partial charge in [0, 0.05) is 6.54 Å². The van der Waals surface area contributed by atoms with Crippen molar-refractivity contribution in [3.05, 3.63) is 35.4 Å². The fourth-order valence-electron chi connectivity index (χ4n) is 1.62. The lowest BCUT2D eigenvalue weighted by Gasteiger charge is -2.04. The molecule has 0 amide bonds. The van der Waals surface area contributed by atoms with E-state index in [2.05, 4.69) is 10.1 Å². The van der Waals surface area contributed by atoms with Gasteiger partial charge in [0.25, 0.3) is 0 Å². The molecule has 0 radical (unpaired) electrons. The molecule has 1 fully saturated rings. The number of nitrogens with one attached hydrogen (secondary N) is 1. The second-order valence-electron chi connectivity index (χ2n) is 4.26. The lowest BCUT2D eigenvalue weighted by Crippen LogP contribution is -2.16. The highest BCUT2D eigenvalue weighted by Crippen LogP contribution is 2.27. The minimum atomic E-state index is -0.280. The van der Waals surface area contributed by atoms with Crippen LogP contribution in [0.5, 0.6) is 0 Å². The first-order valence-corrected chi connectivity index (χ1v) is 5.67. The molecule has 0 bridgehead atoms. The van der Waals surface area contributed by atoms with Gasteiger partial charge >= 0.3 is 5.97 Å². The van der Waals surface area contributed by atoms with Crippen LogP contribution >= 0.6 is 12.4 Å². The number of hydrogen-bond donors (Lipinski definition) is 1. The van der Waals surface area contributed by atoms with E-state index >= 15 is 0 Å². The van der Waals surface area contributed by atoms with E-state index in [9.17, 15) is 4.79 Å². The summed E-state index contributed by atoms with van der Waals surface area (Å²) in [6.07, 6.45) is 2.74. The molecule has 1 N–H and O–H groups in total. The van der Waals surface area contributed by atoms with E-state index in [1.54, 1.807) is 12.1 Å². The van der Waals surface area contributed by atoms with E-state index in [0.29, 0.717) is 5.56 Å². The van der Waals surface area contributed by atoms with Crippen LogP contribution in [-0.2, 0) is 11.3 Å². The second-order valence-corrected chi connectivity index (χ2v) is 4.26. The minimum absolute atomic E-state index is 0. The maximum absolute atomic E-state index is 11.2. The van der Waals surface area contributed by atoms with Crippen molar-refractivity contribution >= 4 is 18.4 Å². The normalized spacial score (nSPS) is 13.9. The van der Waals surface area contributed by atoms with E-state index in [0.717, 1.165) is 19.0 Å². The predicted octanol–water partition coefficient (Wildman–Crippen LogP) is 2.39. The van der Waals surface area contributed by atoms with Gasteiger partial charge in [0.2, 0.25) is 0 Å². The number of carbonyl (C=O) groups is 1. The van der Waals surface area contributed by atoms with Crippen molar-refractivity contribution in [3.8, 4) is 0 Å². The van der Waals surface area contributed by atoms with Crippen LogP contribution in [-0.4, -0.2) is 19.6 Å². The highest BCUT2D eigenvalue weighted by Gasteiger charge is 2.20. The predicted molar refractivity (Wildman–Crippen MR) is 69.5 cm³/mol. The third-order valence-electron chi connectivity index (χ3n) is 2.83. The summed E-state index contributed by atoms with van der Waals surface area (Å²) in [6, 6.07) is 7.54. The summed E-state index contributed by atoms with van der Waals surface area (Å²) >= 11 is 0. The number of benzene rings is 1. The molecule has 1 aromatic carbocycles. The molecule has 2 rings (SSSR count). The molecule has 17 heavy (non-hydrogen) atoms. The molecule has 0 aromatic heterocycles. The van der Waals surface area contributed by atoms with Gasteiger partial charge in [-0.3, -0.25) is 0 Å². The molecule has 0 atom stereocenters. The van der Waals surface area contributed by atoms with Crippen molar-refractivity contribution in [3.63, 3.8) is 0 Å². The first-order valence-electron chi connectivity index (χ1n) is 5.67. The topological polar surface area (TPSA) is 38.3 Å². The van der Waals surface area contributed by atoms with Crippen LogP contribution in [0, 0.1) is 5.92 Å². The highest BCUT2D eigenvalue weighted by atomic mass is 35.5. The van der Waals surface area contributed by atoms with Crippen molar-refractivity contribution in [2.75, 3.05) is 13.7 Å². The Hall–Kier alpha value is -1.06. The molecule has 4 heteroatoms. The average molecular weight is 256 g/mol. The van der Waals surface area contributed by atoms with Gasteiger partial charge in [-0.15, -0.1) is 12.4 Å². The summed E-state index contributed by atoms with van der Waals surface area (Å²) in [4.78, 5) is 11.2. The Morgan fingerprint density at radius 1 is 1.35 bits per heavy atom. The maximum Gasteiger partial charge on any atom is 0.337 e. The van der Waals surface area contributed by atoms with E-state index in [4.69, 9.17) is 0 Å². The lowest BCUT2D eigenvalue weighted by atomic mass is 10.1. The van der Waals surface area contributed by atoms with E-state index < -0.39 is 0 Å². The van der Waals surface area contributed by atoms with Crippen LogP contribution in [0.25, 0.3) is 0 Å². The zero-order valence-corrected chi connectivity index (χ0v) is 10.8. The molecule has 0 spiro atoms. The molecule has 1 aromatic rings. The molecule has 0 unspecified atom stereocenters. The summed E-state index contributed by atoms with van der Waals surface area (Å²) in [7, 11) is 1.40. The number of carbonyl (C=O) groups excluding carboxylic acids is 1. The van der Waals surface area contributed by atoms with Gasteiger partial charge in [0.1, 0.15) is 0 Å². The fourth-order valence-corrected chi connectivity index (χ4v) is 1.62. The molecule has 0 saturated heterocycles. The third kappa shape index (κ3) is 4.36. The van der Waals surface area contributed by atoms with Gasteiger partial charge < -0.3 is 10.1 Å². The molecule has 94 valence electrons. The van der Waals surface area contributed by atoms with E-state index in [-0.39, 0.29) is 18.4 Å². The molecule has 0 aliphatic heterocycles. The third-order valence-corrected chi connectivity index (χ3v) is 2.83. The summed E-state index contributed by atoms with van der Waals surface area (Å²) in [5.41, 5.74) is 1.81. The SMILES string of the molecule is COC(=O)c1ccc(CNCC2CC2)cc1.Cl. The molecule has 0 heterocycles. The fraction of sp³-hybridized carbons (Fsp3) is 0.462. The quantitative estimate of drug-likeness (QED) is 0.821. The Morgan fingerprint density at radius 2 is 2.00 bits per heavy atom.